The normalized spacial score (nSPS) is 16.2. The van der Waals surface area contributed by atoms with Crippen LogP contribution in [0.5, 0.6) is 0 Å². The summed E-state index contributed by atoms with van der Waals surface area (Å²) >= 11 is 5.04. The number of alkyl halides is 1. The van der Waals surface area contributed by atoms with Crippen LogP contribution in [-0.4, -0.2) is 51.8 Å². The highest BCUT2D eigenvalue weighted by Crippen LogP contribution is 2.22. The number of aliphatic hydroxyl groups is 1. The number of carbonyl (C=O) groups excluding carboxylic acids is 1. The molecule has 29 heavy (non-hydrogen) atoms. The summed E-state index contributed by atoms with van der Waals surface area (Å²) in [6.45, 7) is 7.27. The Balaban J connectivity index is 2.69. The topological polar surface area (TPSA) is 132 Å². The highest BCUT2D eigenvalue weighted by Gasteiger charge is 2.32. The Morgan fingerprint density at radius 2 is 2.03 bits per heavy atom. The first kappa shape index (κ1) is 25.5. The summed E-state index contributed by atoms with van der Waals surface area (Å²) < 4.78 is 42.2. The van der Waals surface area contributed by atoms with E-state index in [2.05, 4.69) is 10.1 Å². The highest BCUT2D eigenvalue weighted by atomic mass is 32.1. The minimum Gasteiger partial charge on any atom is -0.462 e. The molecule has 0 aliphatic rings. The van der Waals surface area contributed by atoms with E-state index in [0.29, 0.717) is 5.56 Å². The summed E-state index contributed by atoms with van der Waals surface area (Å²) in [5, 5.41) is 11.7. The van der Waals surface area contributed by atoms with E-state index in [1.807, 2.05) is 0 Å². The molecule has 5 atom stereocenters. The summed E-state index contributed by atoms with van der Waals surface area (Å²) in [6.07, 6.45) is -3.73. The third-order valence-corrected chi connectivity index (χ3v) is 4.87. The largest absolute Gasteiger partial charge is 0.613 e. The second-order valence-electron chi connectivity index (χ2n) is 6.51. The van der Waals surface area contributed by atoms with E-state index >= 15 is 0 Å². The van der Waals surface area contributed by atoms with Gasteiger partial charge in [0.25, 0.3) is 5.56 Å². The summed E-state index contributed by atoms with van der Waals surface area (Å²) in [5.74, 6) is -0.623. The fraction of sp³-hybridized carbons (Fsp3) is 0.688. The maximum atomic E-state index is 13.5. The first-order valence-electron chi connectivity index (χ1n) is 8.78. The molecule has 2 unspecified atom stereocenters. The van der Waals surface area contributed by atoms with Gasteiger partial charge >= 0.3 is 14.1 Å². The monoisotopic (exact) mass is 454 g/mol. The molecule has 0 saturated carbocycles. The number of esters is 1. The van der Waals surface area contributed by atoms with Crippen LogP contribution in [0.3, 0.4) is 0 Å². The third kappa shape index (κ3) is 8.37. The molecule has 3 N–H and O–H groups in total. The minimum absolute atomic E-state index is 0.0475. The Morgan fingerprint density at radius 1 is 1.41 bits per heavy atom. The van der Waals surface area contributed by atoms with Crippen molar-refractivity contribution in [1.82, 2.24) is 14.6 Å². The molecule has 0 bridgehead atoms. The smallest absolute Gasteiger partial charge is 0.462 e. The average molecular weight is 454 g/mol. The van der Waals surface area contributed by atoms with Gasteiger partial charge in [0.1, 0.15) is 25.0 Å². The predicted octanol–water partition coefficient (Wildman–Crippen LogP) is 2.01. The molecule has 13 heteroatoms. The Morgan fingerprint density at radius 3 is 2.59 bits per heavy atom. The summed E-state index contributed by atoms with van der Waals surface area (Å²) in [6, 6.07) is -0.919. The quantitative estimate of drug-likeness (QED) is 0.261. The van der Waals surface area contributed by atoms with Gasteiger partial charge in [-0.15, -0.1) is 4.52 Å². The SMILES string of the molecule is Cc1cn([C@H](C)OC(CO[P+](=O)N[C@@H](C)C(=O)OC(C)C)[C@@H](O)F)c(=S)[nH]c1=O. The standard InChI is InChI=1S/C16H25FN3O7PS/c1-8(2)26-15(23)10(4)19-28(24)25-7-12(13(17)21)27-11(5)20-6-9(3)14(22)18-16(20)29/h6,8,10-13,21H,7H2,1-5H3,(H-,18,19,22,24,29)/p+1/t10-,11-,12?,13+/m0/s1. The van der Waals surface area contributed by atoms with Crippen LogP contribution < -0.4 is 10.6 Å². The van der Waals surface area contributed by atoms with Crippen LogP contribution in [0.1, 0.15) is 39.5 Å². The number of H-pyrrole nitrogens is 1. The minimum atomic E-state index is -2.56. The number of nitrogens with zero attached hydrogens (tertiary/aromatic N) is 1. The van der Waals surface area contributed by atoms with Gasteiger partial charge in [-0.05, 0) is 51.4 Å². The van der Waals surface area contributed by atoms with Gasteiger partial charge in [0, 0.05) is 11.8 Å². The Bertz CT molecular complexity index is 829. The lowest BCUT2D eigenvalue weighted by Gasteiger charge is -2.23. The van der Waals surface area contributed by atoms with Crippen LogP contribution in [-0.2, 0) is 23.4 Å². The molecular formula is C16H26FN3O7PS+. The number of rotatable bonds is 11. The van der Waals surface area contributed by atoms with Crippen LogP contribution in [0.2, 0.25) is 0 Å². The lowest BCUT2D eigenvalue weighted by Crippen LogP contribution is -2.35. The molecule has 0 aliphatic heterocycles. The van der Waals surface area contributed by atoms with Crippen molar-refractivity contribution in [2.75, 3.05) is 6.61 Å². The van der Waals surface area contributed by atoms with Crippen LogP contribution in [0.4, 0.5) is 4.39 Å². The van der Waals surface area contributed by atoms with Crippen LogP contribution in [0.25, 0.3) is 0 Å². The number of ether oxygens (including phenoxy) is 2. The molecule has 0 saturated heterocycles. The molecule has 0 spiro atoms. The lowest BCUT2D eigenvalue weighted by atomic mass is 10.3. The van der Waals surface area contributed by atoms with Gasteiger partial charge in [-0.2, -0.15) is 0 Å². The number of hydrogen-bond acceptors (Lipinski definition) is 8. The molecule has 164 valence electrons. The van der Waals surface area contributed by atoms with Crippen molar-refractivity contribution < 1.29 is 32.9 Å². The lowest BCUT2D eigenvalue weighted by molar-refractivity contribution is -0.153. The number of nitrogens with one attached hydrogen (secondary N) is 2. The number of halogens is 1. The highest BCUT2D eigenvalue weighted by molar-refractivity contribution is 7.71. The maximum Gasteiger partial charge on any atom is 0.613 e. The van der Waals surface area contributed by atoms with Crippen LogP contribution in [0, 0.1) is 11.7 Å². The molecular weight excluding hydrogens is 428 g/mol. The van der Waals surface area contributed by atoms with Gasteiger partial charge < -0.3 is 14.6 Å². The first-order chi connectivity index (χ1) is 13.4. The Hall–Kier alpha value is -1.56. The molecule has 10 nitrogen and oxygen atoms in total. The van der Waals surface area contributed by atoms with E-state index < -0.39 is 45.5 Å². The fourth-order valence-electron chi connectivity index (χ4n) is 2.08. The van der Waals surface area contributed by atoms with Gasteiger partial charge in [-0.1, -0.05) is 5.09 Å². The maximum absolute atomic E-state index is 13.5. The zero-order chi connectivity index (χ0) is 22.3. The van der Waals surface area contributed by atoms with Gasteiger partial charge in [-0.25, -0.2) is 4.39 Å². The van der Waals surface area contributed by atoms with Gasteiger partial charge in [0.05, 0.1) is 6.10 Å². The predicted molar refractivity (Wildman–Crippen MR) is 105 cm³/mol. The van der Waals surface area contributed by atoms with Crippen molar-refractivity contribution in [3.63, 3.8) is 0 Å². The van der Waals surface area contributed by atoms with Crippen molar-refractivity contribution in [1.29, 1.82) is 0 Å². The van der Waals surface area contributed by atoms with E-state index in [1.54, 1.807) is 20.8 Å². The zero-order valence-electron chi connectivity index (χ0n) is 16.7. The molecule has 0 fully saturated rings. The fourth-order valence-corrected chi connectivity index (χ4v) is 3.15. The van der Waals surface area contributed by atoms with E-state index in [-0.39, 0.29) is 16.4 Å². The van der Waals surface area contributed by atoms with E-state index in [0.717, 1.165) is 0 Å². The van der Waals surface area contributed by atoms with E-state index in [4.69, 9.17) is 26.2 Å². The molecule has 0 aliphatic carbocycles. The molecule has 1 rings (SSSR count). The summed E-state index contributed by atoms with van der Waals surface area (Å²) in [5.41, 5.74) is -0.00533. The molecule has 1 heterocycles. The summed E-state index contributed by atoms with van der Waals surface area (Å²) in [7, 11) is -2.56. The van der Waals surface area contributed by atoms with Crippen LogP contribution in [0.15, 0.2) is 11.0 Å². The summed E-state index contributed by atoms with van der Waals surface area (Å²) in [4.78, 5) is 25.7. The molecule has 0 aromatic carbocycles. The number of hydrogen-bond donors (Lipinski definition) is 3. The average Bonchev–Trinajstić information content (AvgIpc) is 2.60. The zero-order valence-corrected chi connectivity index (χ0v) is 18.5. The number of aromatic nitrogens is 2. The van der Waals surface area contributed by atoms with E-state index in [9.17, 15) is 23.7 Å². The Kier molecular flexibility index (Phi) is 10.2. The number of aryl methyl sites for hydroxylation is 1. The first-order valence-corrected chi connectivity index (χ1v) is 10.4. The second kappa shape index (κ2) is 11.6. The molecule has 1 aromatic heterocycles. The Labute approximate surface area is 173 Å². The van der Waals surface area contributed by atoms with Crippen molar-refractivity contribution in [3.05, 3.63) is 26.9 Å². The number of aromatic amines is 1. The van der Waals surface area contributed by atoms with Crippen molar-refractivity contribution in [3.8, 4) is 0 Å². The van der Waals surface area contributed by atoms with E-state index in [1.165, 1.54) is 24.6 Å². The third-order valence-electron chi connectivity index (χ3n) is 3.58. The number of aliphatic hydroxyl groups excluding tert-OH is 1. The second-order valence-corrected chi connectivity index (χ2v) is 7.93. The van der Waals surface area contributed by atoms with Gasteiger partial charge in [0.15, 0.2) is 4.77 Å². The van der Waals surface area contributed by atoms with Crippen molar-refractivity contribution in [2.24, 2.45) is 0 Å². The van der Waals surface area contributed by atoms with Crippen molar-refractivity contribution >= 4 is 26.4 Å². The molecule has 0 amide bonds. The number of carbonyl (C=O) groups is 1. The van der Waals surface area contributed by atoms with Gasteiger partial charge in [-0.3, -0.25) is 19.1 Å². The van der Waals surface area contributed by atoms with Crippen LogP contribution >= 0.6 is 20.4 Å². The van der Waals surface area contributed by atoms with Gasteiger partial charge in [0.2, 0.25) is 6.36 Å². The molecule has 0 radical (unpaired) electrons. The molecule has 1 aromatic rings. The van der Waals surface area contributed by atoms with Crippen molar-refractivity contribution in [2.45, 2.75) is 65.5 Å².